The molecule has 0 aliphatic heterocycles. The molecular weight excluding hydrogens is 216 g/mol. The molecule has 0 fully saturated rings. The lowest BCUT2D eigenvalue weighted by atomic mass is 10.1. The summed E-state index contributed by atoms with van der Waals surface area (Å²) in [5.74, 6) is -0.169. The van der Waals surface area contributed by atoms with E-state index < -0.39 is 10.1 Å². The van der Waals surface area contributed by atoms with Gasteiger partial charge >= 0.3 is 0 Å². The zero-order chi connectivity index (χ0) is 11.7. The minimum Gasteiger partial charge on any atom is -0.393 e. The Balaban J connectivity index is 3.31. The molecule has 92 valence electrons. The third-order valence-electron chi connectivity index (χ3n) is 2.33. The van der Waals surface area contributed by atoms with Crippen LogP contribution in [-0.4, -0.2) is 29.9 Å². The van der Waals surface area contributed by atoms with Gasteiger partial charge in [-0.3, -0.25) is 4.55 Å². The molecule has 0 aliphatic carbocycles. The van der Waals surface area contributed by atoms with Crippen LogP contribution in [0.3, 0.4) is 0 Å². The quantitative estimate of drug-likeness (QED) is 0.476. The summed E-state index contributed by atoms with van der Waals surface area (Å²) in [7, 11) is -3.80. The minimum absolute atomic E-state index is 0.169. The number of hydrogen-bond acceptors (Lipinski definition) is 3. The lowest BCUT2D eigenvalue weighted by molar-refractivity contribution is 0.148. The molecule has 0 rings (SSSR count). The molecule has 1 unspecified atom stereocenters. The van der Waals surface area contributed by atoms with Gasteiger partial charge < -0.3 is 5.11 Å². The highest BCUT2D eigenvalue weighted by atomic mass is 32.2. The molecule has 0 radical (unpaired) electrons. The van der Waals surface area contributed by atoms with Gasteiger partial charge in [-0.1, -0.05) is 32.6 Å². The fourth-order valence-electron chi connectivity index (χ4n) is 1.43. The van der Waals surface area contributed by atoms with E-state index in [-0.39, 0.29) is 11.9 Å². The highest BCUT2D eigenvalue weighted by Crippen LogP contribution is 2.09. The van der Waals surface area contributed by atoms with Crippen LogP contribution in [-0.2, 0) is 10.1 Å². The predicted molar refractivity (Wildman–Crippen MR) is 60.4 cm³/mol. The maximum absolute atomic E-state index is 10.4. The third kappa shape index (κ3) is 11.8. The SMILES string of the molecule is CCCCC(O)CCCCCS(=O)(=O)O. The van der Waals surface area contributed by atoms with Gasteiger partial charge in [-0.05, 0) is 19.3 Å². The standard InChI is InChI=1S/C10H22O4S/c1-2-3-7-10(11)8-5-4-6-9-15(12,13)14/h10-11H,2-9H2,1H3,(H,12,13,14). The molecule has 0 amide bonds. The second kappa shape index (κ2) is 8.07. The number of rotatable bonds is 9. The summed E-state index contributed by atoms with van der Waals surface area (Å²) in [4.78, 5) is 0. The van der Waals surface area contributed by atoms with E-state index >= 15 is 0 Å². The van der Waals surface area contributed by atoms with Crippen molar-refractivity contribution in [1.82, 2.24) is 0 Å². The van der Waals surface area contributed by atoms with Crippen LogP contribution in [0.25, 0.3) is 0 Å². The average molecular weight is 238 g/mol. The van der Waals surface area contributed by atoms with Crippen LogP contribution in [0.4, 0.5) is 0 Å². The molecule has 0 aromatic carbocycles. The first-order valence-electron chi connectivity index (χ1n) is 5.59. The van der Waals surface area contributed by atoms with E-state index in [1.807, 2.05) is 0 Å². The van der Waals surface area contributed by atoms with Gasteiger partial charge in [0, 0.05) is 0 Å². The molecule has 0 aliphatic rings. The van der Waals surface area contributed by atoms with E-state index in [1.165, 1.54) is 0 Å². The van der Waals surface area contributed by atoms with E-state index in [2.05, 4.69) is 6.92 Å². The summed E-state index contributed by atoms with van der Waals surface area (Å²) in [5, 5.41) is 9.47. The number of hydrogen-bond donors (Lipinski definition) is 2. The van der Waals surface area contributed by atoms with Gasteiger partial charge in [0.1, 0.15) is 0 Å². The topological polar surface area (TPSA) is 74.6 Å². The number of aliphatic hydroxyl groups excluding tert-OH is 1. The summed E-state index contributed by atoms with van der Waals surface area (Å²) in [6.07, 6.45) is 5.45. The highest BCUT2D eigenvalue weighted by Gasteiger charge is 2.05. The molecule has 0 saturated heterocycles. The van der Waals surface area contributed by atoms with Gasteiger partial charge in [0.15, 0.2) is 0 Å². The van der Waals surface area contributed by atoms with Crippen LogP contribution in [0.2, 0.25) is 0 Å². The maximum atomic E-state index is 10.4. The smallest absolute Gasteiger partial charge is 0.264 e. The lowest BCUT2D eigenvalue weighted by Crippen LogP contribution is -2.07. The van der Waals surface area contributed by atoms with Gasteiger partial charge in [-0.25, -0.2) is 0 Å². The molecule has 0 aromatic heterocycles. The van der Waals surface area contributed by atoms with Crippen molar-refractivity contribution in [1.29, 1.82) is 0 Å². The fraction of sp³-hybridized carbons (Fsp3) is 1.00. The number of unbranched alkanes of at least 4 members (excludes halogenated alkanes) is 3. The molecule has 15 heavy (non-hydrogen) atoms. The summed E-state index contributed by atoms with van der Waals surface area (Å²) >= 11 is 0. The van der Waals surface area contributed by atoms with E-state index in [0.29, 0.717) is 6.42 Å². The van der Waals surface area contributed by atoms with Crippen molar-refractivity contribution < 1.29 is 18.1 Å². The average Bonchev–Trinajstić information content (AvgIpc) is 2.12. The highest BCUT2D eigenvalue weighted by molar-refractivity contribution is 7.85. The van der Waals surface area contributed by atoms with Crippen molar-refractivity contribution in [3.05, 3.63) is 0 Å². The van der Waals surface area contributed by atoms with E-state index in [4.69, 9.17) is 4.55 Å². The molecule has 0 saturated carbocycles. The maximum Gasteiger partial charge on any atom is 0.264 e. The summed E-state index contributed by atoms with van der Waals surface area (Å²) in [5.41, 5.74) is 0. The van der Waals surface area contributed by atoms with Crippen molar-refractivity contribution in [2.75, 3.05) is 5.75 Å². The molecule has 0 bridgehead atoms. The molecule has 0 aromatic rings. The monoisotopic (exact) mass is 238 g/mol. The zero-order valence-corrected chi connectivity index (χ0v) is 10.2. The largest absolute Gasteiger partial charge is 0.393 e. The van der Waals surface area contributed by atoms with Crippen molar-refractivity contribution in [3.63, 3.8) is 0 Å². The molecule has 1 atom stereocenters. The Morgan fingerprint density at radius 3 is 2.20 bits per heavy atom. The summed E-state index contributed by atoms with van der Waals surface area (Å²) in [6.45, 7) is 2.08. The first-order chi connectivity index (χ1) is 6.95. The van der Waals surface area contributed by atoms with E-state index in [0.717, 1.165) is 38.5 Å². The Kier molecular flexibility index (Phi) is 8.00. The lowest BCUT2D eigenvalue weighted by Gasteiger charge is -2.08. The molecule has 0 heterocycles. The zero-order valence-electron chi connectivity index (χ0n) is 9.35. The van der Waals surface area contributed by atoms with E-state index in [1.54, 1.807) is 0 Å². The Hall–Kier alpha value is -0.130. The van der Waals surface area contributed by atoms with Crippen LogP contribution < -0.4 is 0 Å². The van der Waals surface area contributed by atoms with Gasteiger partial charge in [-0.15, -0.1) is 0 Å². The molecule has 5 heteroatoms. The Morgan fingerprint density at radius 1 is 1.07 bits per heavy atom. The first kappa shape index (κ1) is 14.9. The molecule has 2 N–H and O–H groups in total. The molecule has 4 nitrogen and oxygen atoms in total. The normalized spacial score (nSPS) is 14.1. The van der Waals surface area contributed by atoms with Crippen molar-refractivity contribution >= 4 is 10.1 Å². The Bertz CT molecular complexity index is 236. The summed E-state index contributed by atoms with van der Waals surface area (Å²) in [6, 6.07) is 0. The van der Waals surface area contributed by atoms with Crippen LogP contribution in [0.5, 0.6) is 0 Å². The predicted octanol–water partition coefficient (Wildman–Crippen LogP) is 1.99. The van der Waals surface area contributed by atoms with Gasteiger partial charge in [-0.2, -0.15) is 8.42 Å². The van der Waals surface area contributed by atoms with Crippen LogP contribution >= 0.6 is 0 Å². The second-order valence-corrected chi connectivity index (χ2v) is 5.50. The third-order valence-corrected chi connectivity index (χ3v) is 3.14. The second-order valence-electron chi connectivity index (χ2n) is 3.93. The molecular formula is C10H22O4S. The minimum atomic E-state index is -3.80. The van der Waals surface area contributed by atoms with Gasteiger partial charge in [0.2, 0.25) is 0 Å². The van der Waals surface area contributed by atoms with Gasteiger partial charge in [0.05, 0.1) is 11.9 Å². The number of aliphatic hydroxyl groups is 1. The van der Waals surface area contributed by atoms with Crippen molar-refractivity contribution in [2.24, 2.45) is 0 Å². The summed E-state index contributed by atoms with van der Waals surface area (Å²) < 4.78 is 29.2. The van der Waals surface area contributed by atoms with Crippen molar-refractivity contribution in [2.45, 2.75) is 58.0 Å². The fourth-order valence-corrected chi connectivity index (χ4v) is 1.99. The van der Waals surface area contributed by atoms with Gasteiger partial charge in [0.25, 0.3) is 10.1 Å². The van der Waals surface area contributed by atoms with E-state index in [9.17, 15) is 13.5 Å². The van der Waals surface area contributed by atoms with Crippen LogP contribution in [0.1, 0.15) is 51.9 Å². The Morgan fingerprint density at radius 2 is 1.67 bits per heavy atom. The molecule has 0 spiro atoms. The van der Waals surface area contributed by atoms with Crippen LogP contribution in [0, 0.1) is 0 Å². The Labute approximate surface area is 92.4 Å². The van der Waals surface area contributed by atoms with Crippen LogP contribution in [0.15, 0.2) is 0 Å². The van der Waals surface area contributed by atoms with Crippen molar-refractivity contribution in [3.8, 4) is 0 Å². The first-order valence-corrected chi connectivity index (χ1v) is 7.20.